The molecule has 0 heterocycles. The van der Waals surface area contributed by atoms with Crippen molar-refractivity contribution in [1.82, 2.24) is 0 Å². The Morgan fingerprint density at radius 3 is 0.298 bits per heavy atom. The van der Waals surface area contributed by atoms with Gasteiger partial charge in [-0.15, -0.1) is 0 Å². The Kier molecular flexibility index (Phi) is 22.8. The van der Waals surface area contributed by atoms with Crippen LogP contribution in [0.1, 0.15) is 127 Å². The second-order valence-electron chi connectivity index (χ2n) is 27.4. The topological polar surface area (TPSA) is 27.7 Å². The van der Waals surface area contributed by atoms with Crippen LogP contribution in [0.3, 0.4) is 0 Å². The highest BCUT2D eigenvalue weighted by atomic mass is 19.2. The Hall–Kier alpha value is -10.2. The van der Waals surface area contributed by atoms with Gasteiger partial charge in [0.1, 0.15) is 0 Å². The molecule has 3 aliphatic carbocycles. The Labute approximate surface area is 639 Å². The normalized spacial score (nSPS) is 16.7. The molecule has 0 unspecified atom stereocenters. The molecule has 0 spiro atoms. The Morgan fingerprint density at radius 2 is 0.198 bits per heavy atom. The highest BCUT2D eigenvalue weighted by Crippen LogP contribution is 2.63. The third-order valence-electron chi connectivity index (χ3n) is 21.8. The Balaban J connectivity index is 1.24. The lowest BCUT2D eigenvalue weighted by molar-refractivity contribution is -0.134. The van der Waals surface area contributed by atoms with E-state index in [0.29, 0.717) is 0 Å². The van der Waals surface area contributed by atoms with E-state index < -0.39 is 429 Å². The van der Waals surface area contributed by atoms with Gasteiger partial charge >= 0.3 is 7.32 Å². The highest BCUT2D eigenvalue weighted by molar-refractivity contribution is 6.37. The van der Waals surface area contributed by atoms with Crippen molar-refractivity contribution >= 4 is 7.32 Å². The van der Waals surface area contributed by atoms with Crippen LogP contribution in [0.5, 0.6) is 0 Å². The van der Waals surface area contributed by atoms with E-state index in [1.165, 1.54) is 0 Å². The van der Waals surface area contributed by atoms with Gasteiger partial charge in [-0.2, -0.15) is 0 Å². The quantitative estimate of drug-likeness (QED) is 0.0443. The minimum absolute atomic E-state index is 2.83. The summed E-state index contributed by atoms with van der Waals surface area (Å²) in [5, 5.41) is 0. The number of hydrogen-bond donors (Lipinski definition) is 0. The molecule has 0 amide bonds. The van der Waals surface area contributed by atoms with Crippen molar-refractivity contribution in [3.63, 3.8) is 0 Å². The molecule has 3 fully saturated rings. The van der Waals surface area contributed by atoms with E-state index in [-0.39, 0.29) is 0 Å². The number of rotatable bonds is 15. The molecule has 121 heavy (non-hydrogen) atoms. The average molecular weight is 1800 g/mol. The maximum absolute atomic E-state index is 17.4. The van der Waals surface area contributed by atoms with Crippen molar-refractivity contribution in [1.29, 1.82) is 0 Å². The van der Waals surface area contributed by atoms with E-state index in [0.717, 1.165) is 0 Å². The lowest BCUT2D eigenvalue weighted by Gasteiger charge is -2.52. The zero-order chi connectivity index (χ0) is 90.4. The van der Waals surface area contributed by atoms with E-state index in [1.807, 2.05) is 0 Å². The standard InChI is InChI=1S/C72H24BF45O3/c74-22-13(23(75)41(93)58(110)40(22)92)67(14-24(76)42(94)59(111)43(95)25(14)77)1-7-70(8-2-67,19-34(86)52(104)64(116)53(105)35(19)87)119-73(120-71(20-36(88)54(106)65(117)55(107)37(20)89)9-3-68(4-10-71,15-26(78)44(96)60(112)45(97)27(15)79)16-28(80)46(98)61(113)47(99)29(16)81)121-72(21-38(90)56(108)66(118)57(109)39(21)91)11-5-69(6-12-72,17-30(82)48(100)62(114)49(101)31(17)83)18-32(84)50(102)63(115)51(103)33(18)85/h1-12H2. The molecule has 3 saturated carbocycles. The molecule has 0 bridgehead atoms. The third-order valence-corrected chi connectivity index (χ3v) is 21.8. The van der Waals surface area contributed by atoms with Gasteiger partial charge in [-0.1, -0.05) is 0 Å². The molecular weight excluding hydrogens is 1780 g/mol. The van der Waals surface area contributed by atoms with Gasteiger partial charge < -0.3 is 14.0 Å². The van der Waals surface area contributed by atoms with Gasteiger partial charge in [0, 0.05) is 49.6 Å². The zero-order valence-electron chi connectivity index (χ0n) is 57.3. The molecular formula is C72H24BF45O3. The maximum Gasteiger partial charge on any atom is 0.641 e. The fourth-order valence-corrected chi connectivity index (χ4v) is 16.2. The van der Waals surface area contributed by atoms with E-state index in [1.54, 1.807) is 0 Å². The molecule has 0 N–H and O–H groups in total. The lowest BCUT2D eigenvalue weighted by atomic mass is 9.59. The summed E-state index contributed by atoms with van der Waals surface area (Å²) < 4.78 is 741. The molecule has 0 atom stereocenters. The molecule has 0 aliphatic heterocycles. The molecule has 0 radical (unpaired) electrons. The molecule has 3 nitrogen and oxygen atoms in total. The van der Waals surface area contributed by atoms with Crippen LogP contribution >= 0.6 is 0 Å². The fourth-order valence-electron chi connectivity index (χ4n) is 16.2. The molecule has 0 saturated heterocycles. The number of hydrogen-bond acceptors (Lipinski definition) is 3. The summed E-state index contributed by atoms with van der Waals surface area (Å²) in [4.78, 5) is 0. The monoisotopic (exact) mass is 1800 g/mol. The largest absolute Gasteiger partial charge is 0.641 e. The smallest absolute Gasteiger partial charge is 0.376 e. The SMILES string of the molecule is Fc1c(F)c(F)c(C2(OB(OC3(c4c(F)c(F)c(F)c(F)c4F)CCC(c4c(F)c(F)c(F)c(F)c4F)(c4c(F)c(F)c(F)c(F)c4F)CC3)OC3(c4c(F)c(F)c(F)c(F)c4F)CCC(c4c(F)c(F)c(F)c(F)c4F)(c4c(F)c(F)c(F)c(F)c4F)CC3)CCC(c3c(F)c(F)c(F)c(F)c3F)(c3c(F)c(F)c(F)c(F)c3F)CC2)c(F)c1F. The van der Waals surface area contributed by atoms with E-state index in [4.69, 9.17) is 14.0 Å². The Morgan fingerprint density at radius 1 is 0.116 bits per heavy atom. The molecule has 49 heteroatoms. The van der Waals surface area contributed by atoms with Crippen molar-refractivity contribution < 1.29 is 212 Å². The summed E-state index contributed by atoms with van der Waals surface area (Å²) in [7, 11) is -5.11. The Bertz CT molecular complexity index is 4920. The third kappa shape index (κ3) is 12.7. The number of benzene rings is 9. The minimum atomic E-state index is -5.11. The predicted molar refractivity (Wildman–Crippen MR) is 308 cm³/mol. The first kappa shape index (κ1) is 90.0. The van der Waals surface area contributed by atoms with Crippen molar-refractivity contribution in [3.8, 4) is 0 Å². The average Bonchev–Trinajstić information content (AvgIpc) is 0.720. The summed E-state index contributed by atoms with van der Waals surface area (Å²) in [6, 6.07) is 0. The lowest BCUT2D eigenvalue weighted by Crippen LogP contribution is -2.55. The van der Waals surface area contributed by atoms with Gasteiger partial charge in [-0.25, -0.2) is 198 Å². The summed E-state index contributed by atoms with van der Waals surface area (Å²) in [5.41, 5.74) is -56.4. The van der Waals surface area contributed by atoms with Crippen molar-refractivity contribution in [3.05, 3.63) is 312 Å². The summed E-state index contributed by atoms with van der Waals surface area (Å²) in [6.07, 6.45) is -34.5. The molecule has 3 aliphatic rings. The minimum Gasteiger partial charge on any atom is -0.376 e. The van der Waals surface area contributed by atoms with Crippen LogP contribution in [0.2, 0.25) is 0 Å². The second-order valence-corrected chi connectivity index (χ2v) is 27.4. The van der Waals surface area contributed by atoms with E-state index in [2.05, 4.69) is 0 Å². The first-order chi connectivity index (χ1) is 56.1. The van der Waals surface area contributed by atoms with Crippen LogP contribution in [0, 0.1) is 262 Å². The maximum atomic E-state index is 17.4. The van der Waals surface area contributed by atoms with Crippen molar-refractivity contribution in [2.45, 2.75) is 110 Å². The van der Waals surface area contributed by atoms with Gasteiger partial charge in [0.2, 0.25) is 52.4 Å². The number of halogens is 45. The molecule has 12 rings (SSSR count). The second kappa shape index (κ2) is 30.7. The van der Waals surface area contributed by atoms with Crippen molar-refractivity contribution in [2.75, 3.05) is 0 Å². The van der Waals surface area contributed by atoms with Crippen molar-refractivity contribution in [2.24, 2.45) is 0 Å². The molecule has 648 valence electrons. The summed E-state index contributed by atoms with van der Waals surface area (Å²) in [5.74, 6) is -157. The van der Waals surface area contributed by atoms with Gasteiger partial charge in [0.25, 0.3) is 0 Å². The zero-order valence-corrected chi connectivity index (χ0v) is 57.3. The van der Waals surface area contributed by atoms with Crippen LogP contribution in [-0.4, -0.2) is 7.32 Å². The first-order valence-corrected chi connectivity index (χ1v) is 32.8. The van der Waals surface area contributed by atoms with Gasteiger partial charge in [-0.3, -0.25) is 0 Å². The summed E-state index contributed by atoms with van der Waals surface area (Å²) >= 11 is 0. The van der Waals surface area contributed by atoms with Gasteiger partial charge in [0.05, 0.1) is 33.5 Å². The van der Waals surface area contributed by atoms with Crippen LogP contribution in [-0.2, 0) is 47.0 Å². The van der Waals surface area contributed by atoms with Crippen LogP contribution in [0.4, 0.5) is 198 Å². The molecule has 9 aromatic carbocycles. The van der Waals surface area contributed by atoms with Crippen LogP contribution in [0.15, 0.2) is 0 Å². The van der Waals surface area contributed by atoms with Gasteiger partial charge in [0.15, 0.2) is 209 Å². The fraction of sp³-hybridized carbons (Fsp3) is 0.250. The van der Waals surface area contributed by atoms with Crippen LogP contribution < -0.4 is 0 Å². The first-order valence-electron chi connectivity index (χ1n) is 32.8. The van der Waals surface area contributed by atoms with Crippen LogP contribution in [0.25, 0.3) is 0 Å². The van der Waals surface area contributed by atoms with E-state index >= 15 is 171 Å². The molecule has 0 aromatic heterocycles. The summed E-state index contributed by atoms with van der Waals surface area (Å²) in [6.45, 7) is 0. The van der Waals surface area contributed by atoms with Gasteiger partial charge in [-0.05, 0) is 77.0 Å². The van der Waals surface area contributed by atoms with E-state index in [9.17, 15) is 26.3 Å². The highest BCUT2D eigenvalue weighted by Gasteiger charge is 2.64. The predicted octanol–water partition coefficient (Wildman–Crippen LogP) is 23.6. The molecule has 9 aromatic rings.